The second-order valence-electron chi connectivity index (χ2n) is 2.53. The zero-order valence-corrected chi connectivity index (χ0v) is 7.70. The van der Waals surface area contributed by atoms with Crippen LogP contribution in [0.25, 0.3) is 0 Å². The van der Waals surface area contributed by atoms with Crippen LogP contribution in [-0.2, 0) is 9.59 Å². The molecule has 0 bridgehead atoms. The number of anilines is 3. The van der Waals surface area contributed by atoms with Crippen LogP contribution < -0.4 is 16.0 Å². The van der Waals surface area contributed by atoms with Gasteiger partial charge in [0.25, 0.3) is 0 Å². The molecule has 0 unspecified atom stereocenters. The molecule has 0 heterocycles. The van der Waals surface area contributed by atoms with Crippen LogP contribution in [0, 0.1) is 0 Å². The van der Waals surface area contributed by atoms with Crippen LogP contribution in [0.2, 0.25) is 0 Å². The molecule has 74 valence electrons. The van der Waals surface area contributed by atoms with Crippen molar-refractivity contribution in [3.8, 4) is 0 Å². The maximum absolute atomic E-state index is 10.2. The number of nitrogens with one attached hydrogen (secondary N) is 3. The zero-order valence-electron chi connectivity index (χ0n) is 7.70. The summed E-state index contributed by atoms with van der Waals surface area (Å²) in [4.78, 5) is 20.4. The molecule has 0 aliphatic carbocycles. The van der Waals surface area contributed by atoms with Crippen molar-refractivity contribution >= 4 is 29.9 Å². The van der Waals surface area contributed by atoms with Crippen LogP contribution in [0.3, 0.4) is 0 Å². The van der Waals surface area contributed by atoms with Crippen molar-refractivity contribution in [2.45, 2.75) is 0 Å². The third kappa shape index (κ3) is 2.22. The maximum atomic E-state index is 10.2. The van der Waals surface area contributed by atoms with Gasteiger partial charge in [0.05, 0.1) is 11.4 Å². The average Bonchev–Trinajstić information content (AvgIpc) is 2.21. The second-order valence-corrected chi connectivity index (χ2v) is 2.53. The van der Waals surface area contributed by atoms with E-state index >= 15 is 0 Å². The molecular weight excluding hydrogens is 182 g/mol. The van der Waals surface area contributed by atoms with E-state index in [1.165, 1.54) is 0 Å². The van der Waals surface area contributed by atoms with Crippen LogP contribution in [0.1, 0.15) is 0 Å². The molecule has 1 rings (SSSR count). The van der Waals surface area contributed by atoms with E-state index in [0.717, 1.165) is 5.69 Å². The first-order valence-corrected chi connectivity index (χ1v) is 4.04. The Kier molecular flexibility index (Phi) is 3.49. The van der Waals surface area contributed by atoms with E-state index in [0.29, 0.717) is 24.2 Å². The summed E-state index contributed by atoms with van der Waals surface area (Å²) < 4.78 is 0. The Morgan fingerprint density at radius 3 is 2.36 bits per heavy atom. The van der Waals surface area contributed by atoms with Crippen molar-refractivity contribution in [3.63, 3.8) is 0 Å². The van der Waals surface area contributed by atoms with E-state index in [4.69, 9.17) is 0 Å². The van der Waals surface area contributed by atoms with E-state index < -0.39 is 0 Å². The molecule has 1 aromatic carbocycles. The minimum atomic E-state index is 0.599. The molecule has 5 nitrogen and oxygen atoms in total. The molecule has 0 saturated carbocycles. The Balaban J connectivity index is 2.97. The molecule has 5 heteroatoms. The van der Waals surface area contributed by atoms with Gasteiger partial charge in [-0.15, -0.1) is 0 Å². The molecule has 0 spiro atoms. The third-order valence-corrected chi connectivity index (χ3v) is 1.73. The quantitative estimate of drug-likeness (QED) is 0.607. The fraction of sp³-hybridized carbons (Fsp3) is 0.111. The van der Waals surface area contributed by atoms with E-state index in [1.54, 1.807) is 25.2 Å². The van der Waals surface area contributed by atoms with Gasteiger partial charge in [-0.3, -0.25) is 9.59 Å². The lowest BCUT2D eigenvalue weighted by molar-refractivity contribution is -0.106. The largest absolute Gasteiger partial charge is 0.386 e. The molecule has 0 aromatic heterocycles. The van der Waals surface area contributed by atoms with Gasteiger partial charge in [0.15, 0.2) is 0 Å². The summed E-state index contributed by atoms with van der Waals surface area (Å²) in [6.07, 6.45) is 1.20. The van der Waals surface area contributed by atoms with E-state index in [1.807, 2.05) is 0 Å². The van der Waals surface area contributed by atoms with Gasteiger partial charge in [-0.2, -0.15) is 0 Å². The number of hydrogen-bond donors (Lipinski definition) is 3. The molecule has 0 saturated heterocycles. The van der Waals surface area contributed by atoms with Crippen LogP contribution in [-0.4, -0.2) is 19.9 Å². The molecular formula is C9H11N3O2. The predicted molar refractivity (Wildman–Crippen MR) is 55.4 cm³/mol. The summed E-state index contributed by atoms with van der Waals surface area (Å²) >= 11 is 0. The highest BCUT2D eigenvalue weighted by atomic mass is 16.1. The number of carbonyl (C=O) groups is 2. The summed E-state index contributed by atoms with van der Waals surface area (Å²) in [5.74, 6) is 0. The summed E-state index contributed by atoms with van der Waals surface area (Å²) in [6.45, 7) is 0. The Labute approximate surface area is 81.5 Å². The molecule has 0 radical (unpaired) electrons. The SMILES string of the molecule is CNc1cc(NC=O)ccc1NC=O. The highest BCUT2D eigenvalue weighted by molar-refractivity contribution is 5.84. The van der Waals surface area contributed by atoms with Gasteiger partial charge in [0.2, 0.25) is 12.8 Å². The molecule has 2 amide bonds. The fourth-order valence-corrected chi connectivity index (χ4v) is 1.10. The minimum absolute atomic E-state index is 0.599. The Morgan fingerprint density at radius 2 is 1.79 bits per heavy atom. The average molecular weight is 193 g/mol. The topological polar surface area (TPSA) is 70.2 Å². The summed E-state index contributed by atoms with van der Waals surface area (Å²) in [6, 6.07) is 5.12. The molecule has 0 aliphatic heterocycles. The van der Waals surface area contributed by atoms with Gasteiger partial charge in [-0.1, -0.05) is 0 Å². The molecule has 3 N–H and O–H groups in total. The fourth-order valence-electron chi connectivity index (χ4n) is 1.10. The minimum Gasteiger partial charge on any atom is -0.386 e. The Bertz CT molecular complexity index is 339. The van der Waals surface area contributed by atoms with E-state index in [-0.39, 0.29) is 0 Å². The standard InChI is InChI=1S/C9H11N3O2/c1-10-9-4-7(11-5-13)2-3-8(9)12-6-14/h2-6,10H,1H3,(H,11,13)(H,12,14). The Morgan fingerprint density at radius 1 is 1.07 bits per heavy atom. The summed E-state index contributed by atoms with van der Waals surface area (Å²) in [5, 5.41) is 7.95. The molecule has 0 fully saturated rings. The van der Waals surface area contributed by atoms with Crippen LogP contribution in [0.15, 0.2) is 18.2 Å². The van der Waals surface area contributed by atoms with Crippen LogP contribution >= 0.6 is 0 Å². The van der Waals surface area contributed by atoms with Gasteiger partial charge in [0.1, 0.15) is 0 Å². The van der Waals surface area contributed by atoms with Crippen molar-refractivity contribution in [2.24, 2.45) is 0 Å². The van der Waals surface area contributed by atoms with Crippen molar-refractivity contribution in [1.29, 1.82) is 0 Å². The maximum Gasteiger partial charge on any atom is 0.211 e. The first-order chi connectivity index (χ1) is 6.81. The highest BCUT2D eigenvalue weighted by Crippen LogP contribution is 2.24. The number of hydrogen-bond acceptors (Lipinski definition) is 3. The summed E-state index contributed by atoms with van der Waals surface area (Å²) in [5.41, 5.74) is 2.07. The van der Waals surface area contributed by atoms with E-state index in [9.17, 15) is 9.59 Å². The molecule has 14 heavy (non-hydrogen) atoms. The Hall–Kier alpha value is -2.04. The number of carbonyl (C=O) groups excluding carboxylic acids is 2. The lowest BCUT2D eigenvalue weighted by Crippen LogP contribution is -2.01. The third-order valence-electron chi connectivity index (χ3n) is 1.73. The van der Waals surface area contributed by atoms with Crippen molar-refractivity contribution in [2.75, 3.05) is 23.0 Å². The monoisotopic (exact) mass is 193 g/mol. The van der Waals surface area contributed by atoms with E-state index in [2.05, 4.69) is 16.0 Å². The smallest absolute Gasteiger partial charge is 0.211 e. The lowest BCUT2D eigenvalue weighted by Gasteiger charge is -2.09. The molecule has 0 aliphatic rings. The molecule has 0 atom stereocenters. The van der Waals surface area contributed by atoms with Crippen LogP contribution in [0.4, 0.5) is 17.1 Å². The van der Waals surface area contributed by atoms with Gasteiger partial charge in [-0.25, -0.2) is 0 Å². The highest BCUT2D eigenvalue weighted by Gasteiger charge is 2.00. The van der Waals surface area contributed by atoms with Gasteiger partial charge >= 0.3 is 0 Å². The second kappa shape index (κ2) is 4.86. The first kappa shape index (κ1) is 10.0. The lowest BCUT2D eigenvalue weighted by atomic mass is 10.2. The predicted octanol–water partition coefficient (Wildman–Crippen LogP) is 0.865. The number of rotatable bonds is 5. The molecule has 1 aromatic rings. The number of amides is 2. The van der Waals surface area contributed by atoms with Crippen molar-refractivity contribution in [1.82, 2.24) is 0 Å². The number of benzene rings is 1. The summed E-state index contributed by atoms with van der Waals surface area (Å²) in [7, 11) is 1.73. The van der Waals surface area contributed by atoms with Crippen molar-refractivity contribution < 1.29 is 9.59 Å². The first-order valence-electron chi connectivity index (χ1n) is 4.04. The van der Waals surface area contributed by atoms with Gasteiger partial charge in [-0.05, 0) is 18.2 Å². The van der Waals surface area contributed by atoms with Gasteiger partial charge < -0.3 is 16.0 Å². The normalized spacial score (nSPS) is 8.93. The van der Waals surface area contributed by atoms with Crippen LogP contribution in [0.5, 0.6) is 0 Å². The van der Waals surface area contributed by atoms with Gasteiger partial charge in [0, 0.05) is 12.7 Å². The zero-order chi connectivity index (χ0) is 10.4. The van der Waals surface area contributed by atoms with Crippen molar-refractivity contribution in [3.05, 3.63) is 18.2 Å².